The van der Waals surface area contributed by atoms with Gasteiger partial charge in [-0.2, -0.15) is 0 Å². The van der Waals surface area contributed by atoms with Crippen molar-refractivity contribution < 1.29 is 4.39 Å². The monoisotopic (exact) mass is 247 g/mol. The highest BCUT2D eigenvalue weighted by molar-refractivity contribution is 5.39. The van der Waals surface area contributed by atoms with E-state index in [4.69, 9.17) is 0 Å². The zero-order valence-corrected chi connectivity index (χ0v) is 9.90. The first kappa shape index (κ1) is 11.3. The molecule has 3 rings (SSSR count). The van der Waals surface area contributed by atoms with Crippen LogP contribution < -0.4 is 10.9 Å². The Morgan fingerprint density at radius 2 is 2.11 bits per heavy atom. The van der Waals surface area contributed by atoms with Crippen molar-refractivity contribution in [2.24, 2.45) is 0 Å². The van der Waals surface area contributed by atoms with Crippen LogP contribution in [-0.4, -0.2) is 22.5 Å². The Labute approximate surface area is 103 Å². The van der Waals surface area contributed by atoms with Gasteiger partial charge >= 0.3 is 0 Å². The van der Waals surface area contributed by atoms with Gasteiger partial charge in [0, 0.05) is 18.2 Å². The lowest BCUT2D eigenvalue weighted by Crippen LogP contribution is -2.28. The van der Waals surface area contributed by atoms with Crippen molar-refractivity contribution in [1.29, 1.82) is 0 Å². The minimum atomic E-state index is -0.430. The molecule has 1 fully saturated rings. The Bertz CT molecular complexity index is 632. The molecule has 1 saturated heterocycles. The summed E-state index contributed by atoms with van der Waals surface area (Å²) in [5.41, 5.74) is 1.12. The normalized spacial score (nSPS) is 17.2. The third-order valence-corrected chi connectivity index (χ3v) is 3.40. The fraction of sp³-hybridized carbons (Fsp3) is 0.385. The number of nitrogens with zero attached hydrogens (tertiary/aromatic N) is 2. The van der Waals surface area contributed by atoms with Crippen LogP contribution in [0.5, 0.6) is 0 Å². The molecule has 0 amide bonds. The third kappa shape index (κ3) is 2.01. The fourth-order valence-corrected chi connectivity index (χ4v) is 2.42. The first-order valence-corrected chi connectivity index (χ1v) is 6.13. The minimum absolute atomic E-state index is 0.215. The summed E-state index contributed by atoms with van der Waals surface area (Å²) in [6.07, 6.45) is 3.16. The van der Waals surface area contributed by atoms with Crippen LogP contribution in [0.1, 0.15) is 24.5 Å². The molecule has 3 heterocycles. The van der Waals surface area contributed by atoms with Gasteiger partial charge in [0.15, 0.2) is 0 Å². The van der Waals surface area contributed by atoms with Crippen molar-refractivity contribution in [3.05, 3.63) is 46.3 Å². The SMILES string of the molecule is O=c1cc(C2CCNCC2)nc2ccc(F)cn12. The van der Waals surface area contributed by atoms with E-state index in [1.165, 1.54) is 22.7 Å². The van der Waals surface area contributed by atoms with Gasteiger partial charge in [0.2, 0.25) is 0 Å². The van der Waals surface area contributed by atoms with Gasteiger partial charge in [-0.15, -0.1) is 0 Å². The molecular formula is C13H14FN3O. The van der Waals surface area contributed by atoms with Crippen molar-refractivity contribution in [2.75, 3.05) is 13.1 Å². The van der Waals surface area contributed by atoms with Gasteiger partial charge in [-0.3, -0.25) is 9.20 Å². The molecule has 0 bridgehead atoms. The highest BCUT2D eigenvalue weighted by Gasteiger charge is 2.17. The number of halogens is 1. The molecule has 0 unspecified atom stereocenters. The number of aromatic nitrogens is 2. The van der Waals surface area contributed by atoms with Gasteiger partial charge in [-0.1, -0.05) is 0 Å². The van der Waals surface area contributed by atoms with Crippen molar-refractivity contribution >= 4 is 5.65 Å². The molecule has 0 spiro atoms. The second kappa shape index (κ2) is 4.49. The van der Waals surface area contributed by atoms with Gasteiger partial charge < -0.3 is 5.32 Å². The number of hydrogen-bond acceptors (Lipinski definition) is 3. The van der Waals surface area contributed by atoms with Crippen LogP contribution in [-0.2, 0) is 0 Å². The molecule has 4 nitrogen and oxygen atoms in total. The van der Waals surface area contributed by atoms with Crippen LogP contribution in [0.3, 0.4) is 0 Å². The average Bonchev–Trinajstić information content (AvgIpc) is 2.40. The topological polar surface area (TPSA) is 46.4 Å². The van der Waals surface area contributed by atoms with E-state index in [0.29, 0.717) is 11.6 Å². The van der Waals surface area contributed by atoms with Gasteiger partial charge in [0.1, 0.15) is 11.5 Å². The van der Waals surface area contributed by atoms with Gasteiger partial charge in [0.25, 0.3) is 5.56 Å². The molecule has 5 heteroatoms. The van der Waals surface area contributed by atoms with Crippen molar-refractivity contribution in [3.8, 4) is 0 Å². The van der Waals surface area contributed by atoms with Crippen LogP contribution in [0.2, 0.25) is 0 Å². The summed E-state index contributed by atoms with van der Waals surface area (Å²) in [5.74, 6) is -0.102. The number of piperidine rings is 1. The number of fused-ring (bicyclic) bond motifs is 1. The number of nitrogens with one attached hydrogen (secondary N) is 1. The van der Waals surface area contributed by atoms with E-state index in [1.807, 2.05) is 0 Å². The maximum atomic E-state index is 13.1. The maximum Gasteiger partial charge on any atom is 0.258 e. The van der Waals surface area contributed by atoms with E-state index in [9.17, 15) is 9.18 Å². The summed E-state index contributed by atoms with van der Waals surface area (Å²) in [6, 6.07) is 4.40. The molecular weight excluding hydrogens is 233 g/mol. The maximum absolute atomic E-state index is 13.1. The molecule has 18 heavy (non-hydrogen) atoms. The Hall–Kier alpha value is -1.75. The van der Waals surface area contributed by atoms with E-state index < -0.39 is 5.82 Å². The Morgan fingerprint density at radius 3 is 2.89 bits per heavy atom. The molecule has 0 atom stereocenters. The molecule has 1 aliphatic heterocycles. The lowest BCUT2D eigenvalue weighted by Gasteiger charge is -2.22. The molecule has 0 aromatic carbocycles. The number of pyridine rings is 1. The zero-order valence-electron chi connectivity index (χ0n) is 9.90. The lowest BCUT2D eigenvalue weighted by atomic mass is 9.94. The van der Waals surface area contributed by atoms with Crippen molar-refractivity contribution in [1.82, 2.24) is 14.7 Å². The second-order valence-corrected chi connectivity index (χ2v) is 4.62. The molecule has 94 valence electrons. The Balaban J connectivity index is 2.09. The van der Waals surface area contributed by atoms with Crippen molar-refractivity contribution in [3.63, 3.8) is 0 Å². The highest BCUT2D eigenvalue weighted by atomic mass is 19.1. The average molecular weight is 247 g/mol. The summed E-state index contributed by atoms with van der Waals surface area (Å²) in [7, 11) is 0. The molecule has 0 aliphatic carbocycles. The first-order valence-electron chi connectivity index (χ1n) is 6.13. The van der Waals surface area contributed by atoms with Gasteiger partial charge in [0.05, 0.1) is 5.69 Å². The number of rotatable bonds is 1. The van der Waals surface area contributed by atoms with Gasteiger partial charge in [-0.25, -0.2) is 9.37 Å². The van der Waals surface area contributed by atoms with E-state index in [0.717, 1.165) is 31.6 Å². The first-order chi connectivity index (χ1) is 8.74. The van der Waals surface area contributed by atoms with E-state index in [-0.39, 0.29) is 5.56 Å². The lowest BCUT2D eigenvalue weighted by molar-refractivity contribution is 0.453. The quantitative estimate of drug-likeness (QED) is 0.826. The molecule has 0 saturated carbocycles. The Morgan fingerprint density at radius 1 is 1.33 bits per heavy atom. The predicted octanol–water partition coefficient (Wildman–Crippen LogP) is 1.30. The summed E-state index contributed by atoms with van der Waals surface area (Å²) >= 11 is 0. The minimum Gasteiger partial charge on any atom is -0.317 e. The highest BCUT2D eigenvalue weighted by Crippen LogP contribution is 2.22. The summed E-state index contributed by atoms with van der Waals surface area (Å²) in [6.45, 7) is 1.91. The standard InChI is InChI=1S/C13H14FN3O/c14-10-1-2-12-16-11(7-13(18)17(12)8-10)9-3-5-15-6-4-9/h1-2,7-9,15H,3-6H2. The van der Waals surface area contributed by atoms with Crippen molar-refractivity contribution in [2.45, 2.75) is 18.8 Å². The van der Waals surface area contributed by atoms with Crippen LogP contribution in [0.25, 0.3) is 5.65 Å². The number of hydrogen-bond donors (Lipinski definition) is 1. The summed E-state index contributed by atoms with van der Waals surface area (Å²) in [5, 5.41) is 3.28. The second-order valence-electron chi connectivity index (χ2n) is 4.62. The Kier molecular flexibility index (Phi) is 2.83. The molecule has 2 aromatic heterocycles. The third-order valence-electron chi connectivity index (χ3n) is 3.40. The summed E-state index contributed by atoms with van der Waals surface area (Å²) < 4.78 is 14.3. The fourth-order valence-electron chi connectivity index (χ4n) is 2.42. The summed E-state index contributed by atoms with van der Waals surface area (Å²) in [4.78, 5) is 16.4. The molecule has 0 radical (unpaired) electrons. The predicted molar refractivity (Wildman–Crippen MR) is 66.3 cm³/mol. The van der Waals surface area contributed by atoms with Crippen LogP contribution >= 0.6 is 0 Å². The largest absolute Gasteiger partial charge is 0.317 e. The van der Waals surface area contributed by atoms with Crippen LogP contribution in [0.4, 0.5) is 4.39 Å². The van der Waals surface area contributed by atoms with Crippen LogP contribution in [0, 0.1) is 5.82 Å². The van der Waals surface area contributed by atoms with Crippen LogP contribution in [0.15, 0.2) is 29.2 Å². The van der Waals surface area contributed by atoms with E-state index in [2.05, 4.69) is 10.3 Å². The van der Waals surface area contributed by atoms with E-state index in [1.54, 1.807) is 6.07 Å². The zero-order chi connectivity index (χ0) is 12.5. The smallest absolute Gasteiger partial charge is 0.258 e. The molecule has 1 aliphatic rings. The molecule has 2 aromatic rings. The van der Waals surface area contributed by atoms with E-state index >= 15 is 0 Å². The molecule has 1 N–H and O–H groups in total. The van der Waals surface area contributed by atoms with Gasteiger partial charge in [-0.05, 0) is 38.1 Å².